The van der Waals surface area contributed by atoms with Gasteiger partial charge in [-0.25, -0.2) is 0 Å². The van der Waals surface area contributed by atoms with E-state index in [4.69, 9.17) is 12.2 Å². The van der Waals surface area contributed by atoms with E-state index < -0.39 is 4.92 Å². The molecule has 22 heavy (non-hydrogen) atoms. The summed E-state index contributed by atoms with van der Waals surface area (Å²) in [7, 11) is 0. The van der Waals surface area contributed by atoms with Gasteiger partial charge in [0.25, 0.3) is 5.69 Å². The highest BCUT2D eigenvalue weighted by Crippen LogP contribution is 2.11. The Kier molecular flexibility index (Phi) is 5.56. The lowest BCUT2D eigenvalue weighted by molar-refractivity contribution is -0.384. The average Bonchev–Trinajstić information content (AvgIpc) is 2.54. The molecule has 0 atom stereocenters. The first-order valence-electron chi connectivity index (χ1n) is 6.50. The quantitative estimate of drug-likeness (QED) is 0.384. The number of nitro groups is 1. The van der Waals surface area contributed by atoms with Gasteiger partial charge < -0.3 is 5.32 Å². The standard InChI is InChI=1S/C15H14N4O2S/c20-19(21)14-8-4-7-13(9-14)11-17-18-15(22)16-10-12-5-2-1-3-6-12/h1-9,11H,10H2,(H2,16,18,22). The van der Waals surface area contributed by atoms with E-state index in [1.165, 1.54) is 18.3 Å². The highest BCUT2D eigenvalue weighted by atomic mass is 32.1. The van der Waals surface area contributed by atoms with Crippen LogP contribution in [0.15, 0.2) is 59.7 Å². The summed E-state index contributed by atoms with van der Waals surface area (Å²) in [5.74, 6) is 0. The third kappa shape index (κ3) is 4.95. The van der Waals surface area contributed by atoms with E-state index in [2.05, 4.69) is 15.8 Å². The van der Waals surface area contributed by atoms with Gasteiger partial charge in [-0.1, -0.05) is 42.5 Å². The number of thiocarbonyl (C=S) groups is 1. The van der Waals surface area contributed by atoms with E-state index in [0.29, 0.717) is 17.2 Å². The van der Waals surface area contributed by atoms with Crippen molar-refractivity contribution < 1.29 is 4.92 Å². The molecular formula is C15H14N4O2S. The lowest BCUT2D eigenvalue weighted by Crippen LogP contribution is -2.31. The van der Waals surface area contributed by atoms with Crippen molar-refractivity contribution in [1.82, 2.24) is 10.7 Å². The molecule has 0 bridgehead atoms. The van der Waals surface area contributed by atoms with Crippen molar-refractivity contribution in [2.24, 2.45) is 5.10 Å². The zero-order valence-electron chi connectivity index (χ0n) is 11.6. The van der Waals surface area contributed by atoms with Crippen LogP contribution in [0.4, 0.5) is 5.69 Å². The van der Waals surface area contributed by atoms with Crippen molar-refractivity contribution in [3.8, 4) is 0 Å². The first-order valence-corrected chi connectivity index (χ1v) is 6.91. The fourth-order valence-electron chi connectivity index (χ4n) is 1.70. The minimum absolute atomic E-state index is 0.0220. The highest BCUT2D eigenvalue weighted by Gasteiger charge is 2.03. The van der Waals surface area contributed by atoms with Gasteiger partial charge in [-0.2, -0.15) is 5.10 Å². The number of hydrazone groups is 1. The van der Waals surface area contributed by atoms with Crippen molar-refractivity contribution in [2.75, 3.05) is 0 Å². The van der Waals surface area contributed by atoms with E-state index in [-0.39, 0.29) is 5.69 Å². The Hall–Kier alpha value is -2.80. The Bertz CT molecular complexity index is 689. The maximum atomic E-state index is 10.7. The number of benzene rings is 2. The van der Waals surface area contributed by atoms with Crippen molar-refractivity contribution in [3.05, 3.63) is 75.8 Å². The molecule has 0 aromatic heterocycles. The molecule has 0 aliphatic carbocycles. The first kappa shape index (κ1) is 15.6. The minimum atomic E-state index is -0.448. The van der Waals surface area contributed by atoms with E-state index in [0.717, 1.165) is 5.56 Å². The molecule has 0 radical (unpaired) electrons. The van der Waals surface area contributed by atoms with Gasteiger partial charge in [-0.3, -0.25) is 15.5 Å². The maximum absolute atomic E-state index is 10.7. The number of non-ortho nitro benzene ring substituents is 1. The summed E-state index contributed by atoms with van der Waals surface area (Å²) in [4.78, 5) is 10.2. The summed E-state index contributed by atoms with van der Waals surface area (Å²) in [6.07, 6.45) is 1.48. The summed E-state index contributed by atoms with van der Waals surface area (Å²) in [5.41, 5.74) is 4.42. The van der Waals surface area contributed by atoms with E-state index in [9.17, 15) is 10.1 Å². The van der Waals surface area contributed by atoms with Gasteiger partial charge in [0.05, 0.1) is 11.1 Å². The Labute approximate surface area is 133 Å². The van der Waals surface area contributed by atoms with Crippen LogP contribution in [0.25, 0.3) is 0 Å². The molecule has 0 fully saturated rings. The molecule has 112 valence electrons. The van der Waals surface area contributed by atoms with Crippen molar-refractivity contribution in [3.63, 3.8) is 0 Å². The Morgan fingerprint density at radius 1 is 1.23 bits per heavy atom. The van der Waals surface area contributed by atoms with Gasteiger partial charge in [0.1, 0.15) is 0 Å². The highest BCUT2D eigenvalue weighted by molar-refractivity contribution is 7.80. The topological polar surface area (TPSA) is 79.6 Å². The zero-order valence-corrected chi connectivity index (χ0v) is 12.4. The molecule has 6 nitrogen and oxygen atoms in total. The normalized spacial score (nSPS) is 10.4. The monoisotopic (exact) mass is 314 g/mol. The van der Waals surface area contributed by atoms with Gasteiger partial charge in [-0.15, -0.1) is 0 Å². The molecular weight excluding hydrogens is 300 g/mol. The van der Waals surface area contributed by atoms with Crippen LogP contribution in [-0.2, 0) is 6.54 Å². The van der Waals surface area contributed by atoms with Gasteiger partial charge >= 0.3 is 0 Å². The predicted octanol–water partition coefficient (Wildman–Crippen LogP) is 2.59. The largest absolute Gasteiger partial charge is 0.357 e. The summed E-state index contributed by atoms with van der Waals surface area (Å²) in [6.45, 7) is 0.596. The zero-order chi connectivity index (χ0) is 15.8. The van der Waals surface area contributed by atoms with E-state index in [1.807, 2.05) is 30.3 Å². The van der Waals surface area contributed by atoms with Crippen LogP contribution in [-0.4, -0.2) is 16.3 Å². The first-order chi connectivity index (χ1) is 10.6. The number of hydrogen-bond donors (Lipinski definition) is 2. The molecule has 2 N–H and O–H groups in total. The van der Waals surface area contributed by atoms with Crippen molar-refractivity contribution in [1.29, 1.82) is 0 Å². The van der Waals surface area contributed by atoms with Crippen LogP contribution >= 0.6 is 12.2 Å². The lowest BCUT2D eigenvalue weighted by atomic mass is 10.2. The Morgan fingerprint density at radius 3 is 2.73 bits per heavy atom. The van der Waals surface area contributed by atoms with Crippen LogP contribution in [0.2, 0.25) is 0 Å². The summed E-state index contributed by atoms with van der Waals surface area (Å²) >= 11 is 5.09. The molecule has 0 saturated heterocycles. The van der Waals surface area contributed by atoms with Gasteiger partial charge in [-0.05, 0) is 17.8 Å². The van der Waals surface area contributed by atoms with E-state index in [1.54, 1.807) is 12.1 Å². The second kappa shape index (κ2) is 7.84. The second-order valence-corrected chi connectivity index (χ2v) is 4.80. The number of hydrogen-bond acceptors (Lipinski definition) is 4. The number of nitro benzene ring substituents is 1. The molecule has 0 saturated carbocycles. The molecule has 0 spiro atoms. The van der Waals surface area contributed by atoms with Crippen LogP contribution in [0.1, 0.15) is 11.1 Å². The third-order valence-corrected chi connectivity index (χ3v) is 2.99. The predicted molar refractivity (Wildman–Crippen MR) is 89.7 cm³/mol. The fraction of sp³-hybridized carbons (Fsp3) is 0.0667. The second-order valence-electron chi connectivity index (χ2n) is 4.39. The van der Waals surface area contributed by atoms with E-state index >= 15 is 0 Å². The molecule has 7 heteroatoms. The lowest BCUT2D eigenvalue weighted by Gasteiger charge is -2.06. The molecule has 2 aromatic carbocycles. The van der Waals surface area contributed by atoms with Gasteiger partial charge in [0.15, 0.2) is 5.11 Å². The molecule has 0 aliphatic heterocycles. The molecule has 0 amide bonds. The third-order valence-electron chi connectivity index (χ3n) is 2.76. The summed E-state index contributed by atoms with van der Waals surface area (Å²) in [6, 6.07) is 16.0. The van der Waals surface area contributed by atoms with Crippen LogP contribution in [0.3, 0.4) is 0 Å². The number of nitrogens with zero attached hydrogens (tertiary/aromatic N) is 2. The van der Waals surface area contributed by atoms with Crippen LogP contribution in [0, 0.1) is 10.1 Å². The van der Waals surface area contributed by atoms with Crippen LogP contribution in [0.5, 0.6) is 0 Å². The minimum Gasteiger partial charge on any atom is -0.357 e. The maximum Gasteiger partial charge on any atom is 0.270 e. The average molecular weight is 314 g/mol. The molecule has 2 rings (SSSR count). The fourth-order valence-corrected chi connectivity index (χ4v) is 1.83. The molecule has 0 heterocycles. The van der Waals surface area contributed by atoms with Gasteiger partial charge in [0, 0.05) is 24.2 Å². The Balaban J connectivity index is 1.83. The van der Waals surface area contributed by atoms with Crippen LogP contribution < -0.4 is 10.7 Å². The number of nitrogens with one attached hydrogen (secondary N) is 2. The molecule has 0 unspecified atom stereocenters. The number of rotatable bonds is 5. The summed E-state index contributed by atoms with van der Waals surface area (Å²) < 4.78 is 0. The Morgan fingerprint density at radius 2 is 2.00 bits per heavy atom. The van der Waals surface area contributed by atoms with Gasteiger partial charge in [0.2, 0.25) is 0 Å². The smallest absolute Gasteiger partial charge is 0.270 e. The summed E-state index contributed by atoms with van der Waals surface area (Å²) in [5, 5.41) is 18.0. The van der Waals surface area contributed by atoms with Crippen molar-refractivity contribution >= 4 is 29.2 Å². The molecule has 2 aromatic rings. The SMILES string of the molecule is O=[N+]([O-])c1cccc(C=NNC(=S)NCc2ccccc2)c1. The van der Waals surface area contributed by atoms with Crippen molar-refractivity contribution in [2.45, 2.75) is 6.54 Å². The molecule has 0 aliphatic rings.